The summed E-state index contributed by atoms with van der Waals surface area (Å²) in [5.74, 6) is 6.73. The lowest BCUT2D eigenvalue weighted by molar-refractivity contribution is -0.906. The minimum atomic E-state index is 0.324. The lowest BCUT2D eigenvalue weighted by Crippen LogP contribution is -2.57. The zero-order valence-electron chi connectivity index (χ0n) is 26.2. The summed E-state index contributed by atoms with van der Waals surface area (Å²) in [6, 6.07) is 0.421. The number of hydrogen-bond donors (Lipinski definition) is 1. The SMILES string of the molecule is CC(C)CCC[C@@H](C)[C@H]1CC[C@H]2[C@@H]3CC[C@@H]4C[C@@H](NC(=O)C[N+]5(C)CCCCC5)CC[C@]4(C)[C@H]3CC[C@]12C. The number of fused-ring (bicyclic) bond motifs is 5. The molecule has 1 N–H and O–H groups in total. The van der Waals surface area contributed by atoms with E-state index in [1.807, 2.05) is 0 Å². The number of nitrogens with one attached hydrogen (secondary N) is 1. The second-order valence-electron chi connectivity index (χ2n) is 16.5. The molecule has 0 unspecified atom stereocenters. The highest BCUT2D eigenvalue weighted by molar-refractivity contribution is 5.77. The highest BCUT2D eigenvalue weighted by Gasteiger charge is 2.60. The van der Waals surface area contributed by atoms with E-state index in [9.17, 15) is 4.79 Å². The minimum Gasteiger partial charge on any atom is -0.348 e. The third kappa shape index (κ3) is 5.62. The molecule has 1 amide bonds. The first-order valence-electron chi connectivity index (χ1n) is 17.2. The van der Waals surface area contributed by atoms with Crippen LogP contribution < -0.4 is 5.32 Å². The van der Waals surface area contributed by atoms with Crippen LogP contribution in [0, 0.1) is 52.3 Å². The fourth-order valence-electron chi connectivity index (χ4n) is 11.5. The average Bonchev–Trinajstić information content (AvgIpc) is 3.21. The van der Waals surface area contributed by atoms with E-state index in [4.69, 9.17) is 0 Å². The molecule has 38 heavy (non-hydrogen) atoms. The number of amides is 1. The quantitative estimate of drug-likeness (QED) is 0.317. The van der Waals surface area contributed by atoms with E-state index in [1.165, 1.54) is 109 Å². The van der Waals surface area contributed by atoms with Crippen molar-refractivity contribution >= 4 is 5.91 Å². The zero-order chi connectivity index (χ0) is 27.1. The Morgan fingerprint density at radius 3 is 2.32 bits per heavy atom. The average molecular weight is 528 g/mol. The fourth-order valence-corrected chi connectivity index (χ4v) is 11.5. The Bertz CT molecular complexity index is 817. The van der Waals surface area contributed by atoms with Gasteiger partial charge in [-0.25, -0.2) is 0 Å². The van der Waals surface area contributed by atoms with Gasteiger partial charge in [0.2, 0.25) is 0 Å². The number of likely N-dealkylation sites (tertiary alicyclic amines) is 1. The topological polar surface area (TPSA) is 29.1 Å². The molecule has 1 aliphatic heterocycles. The number of hydrogen-bond acceptors (Lipinski definition) is 1. The van der Waals surface area contributed by atoms with Gasteiger partial charge in [0.05, 0.1) is 20.1 Å². The van der Waals surface area contributed by atoms with Gasteiger partial charge in [0.1, 0.15) is 0 Å². The van der Waals surface area contributed by atoms with Gasteiger partial charge < -0.3 is 9.80 Å². The summed E-state index contributed by atoms with van der Waals surface area (Å²) in [5, 5.41) is 3.54. The molecule has 0 spiro atoms. The molecule has 5 aliphatic rings. The number of quaternary nitrogens is 1. The molecule has 0 aromatic heterocycles. The van der Waals surface area contributed by atoms with Gasteiger partial charge in [0.15, 0.2) is 6.54 Å². The molecule has 0 bridgehead atoms. The lowest BCUT2D eigenvalue weighted by atomic mass is 9.44. The van der Waals surface area contributed by atoms with Crippen LogP contribution in [-0.2, 0) is 4.79 Å². The van der Waals surface area contributed by atoms with Gasteiger partial charge in [-0.05, 0) is 129 Å². The molecule has 1 heterocycles. The van der Waals surface area contributed by atoms with E-state index in [0.29, 0.717) is 29.3 Å². The molecule has 9 atom stereocenters. The minimum absolute atomic E-state index is 0.324. The molecule has 4 aliphatic carbocycles. The maximum atomic E-state index is 13.1. The van der Waals surface area contributed by atoms with Gasteiger partial charge >= 0.3 is 0 Å². The van der Waals surface area contributed by atoms with Crippen LogP contribution in [0.4, 0.5) is 0 Å². The van der Waals surface area contributed by atoms with Crippen molar-refractivity contribution in [1.29, 1.82) is 0 Å². The number of carbonyl (C=O) groups is 1. The van der Waals surface area contributed by atoms with Crippen LogP contribution >= 0.6 is 0 Å². The van der Waals surface area contributed by atoms with Crippen LogP contribution in [0.5, 0.6) is 0 Å². The molecule has 3 nitrogen and oxygen atoms in total. The highest BCUT2D eigenvalue weighted by atomic mass is 16.2. The number of carbonyl (C=O) groups excluding carboxylic acids is 1. The van der Waals surface area contributed by atoms with Crippen LogP contribution in [0.25, 0.3) is 0 Å². The van der Waals surface area contributed by atoms with Crippen molar-refractivity contribution in [3.05, 3.63) is 0 Å². The van der Waals surface area contributed by atoms with Crippen LogP contribution in [0.1, 0.15) is 131 Å². The second kappa shape index (κ2) is 11.4. The fraction of sp³-hybridized carbons (Fsp3) is 0.971. The van der Waals surface area contributed by atoms with Crippen molar-refractivity contribution < 1.29 is 9.28 Å². The summed E-state index contributed by atoms with van der Waals surface area (Å²) in [6.45, 7) is 15.8. The molecule has 4 saturated carbocycles. The molecule has 0 aromatic carbocycles. The van der Waals surface area contributed by atoms with E-state index in [-0.39, 0.29) is 0 Å². The summed E-state index contributed by atoms with van der Waals surface area (Å²) >= 11 is 0. The molecule has 0 aromatic rings. The van der Waals surface area contributed by atoms with Crippen molar-refractivity contribution in [1.82, 2.24) is 5.32 Å². The monoisotopic (exact) mass is 527 g/mol. The molecule has 5 rings (SSSR count). The van der Waals surface area contributed by atoms with Crippen LogP contribution in [0.3, 0.4) is 0 Å². The van der Waals surface area contributed by atoms with Gasteiger partial charge in [0, 0.05) is 6.04 Å². The van der Waals surface area contributed by atoms with E-state index in [0.717, 1.165) is 45.9 Å². The van der Waals surface area contributed by atoms with E-state index >= 15 is 0 Å². The Morgan fingerprint density at radius 2 is 1.58 bits per heavy atom. The molecule has 5 fully saturated rings. The first-order chi connectivity index (χ1) is 18.0. The van der Waals surface area contributed by atoms with Crippen LogP contribution in [-0.4, -0.2) is 43.1 Å². The smallest absolute Gasteiger partial charge is 0.275 e. The lowest BCUT2D eigenvalue weighted by Gasteiger charge is -2.61. The summed E-state index contributed by atoms with van der Waals surface area (Å²) in [4.78, 5) is 13.1. The third-order valence-corrected chi connectivity index (χ3v) is 13.7. The van der Waals surface area contributed by atoms with Crippen molar-refractivity contribution in [2.24, 2.45) is 52.3 Å². The predicted octanol–water partition coefficient (Wildman–Crippen LogP) is 8.22. The molecular weight excluding hydrogens is 464 g/mol. The Balaban J connectivity index is 1.18. The summed E-state index contributed by atoms with van der Waals surface area (Å²) in [5.41, 5.74) is 1.11. The van der Waals surface area contributed by atoms with Gasteiger partial charge in [-0.15, -0.1) is 0 Å². The largest absolute Gasteiger partial charge is 0.348 e. The number of rotatable bonds is 8. The number of nitrogens with zero attached hydrogens (tertiary/aromatic N) is 1. The Kier molecular flexibility index (Phi) is 8.66. The van der Waals surface area contributed by atoms with Crippen LogP contribution in [0.2, 0.25) is 0 Å². The van der Waals surface area contributed by atoms with Crippen molar-refractivity contribution in [2.75, 3.05) is 26.7 Å². The maximum Gasteiger partial charge on any atom is 0.275 e. The molecule has 218 valence electrons. The normalized spacial score (nSPS) is 43.1. The first kappa shape index (κ1) is 28.9. The Labute approximate surface area is 236 Å². The Morgan fingerprint density at radius 1 is 0.868 bits per heavy atom. The van der Waals surface area contributed by atoms with Gasteiger partial charge in [-0.2, -0.15) is 0 Å². The molecule has 1 saturated heterocycles. The highest BCUT2D eigenvalue weighted by Crippen LogP contribution is 2.68. The van der Waals surface area contributed by atoms with E-state index < -0.39 is 0 Å². The standard InChI is InChI=1S/C35H62N2O/c1-25(2)11-10-12-26(3)30-15-16-31-29-14-13-27-23-28(36-33(38)24-37(6)21-8-7-9-22-37)17-19-34(27,4)32(29)18-20-35(30,31)5/h25-32H,7-24H2,1-6H3/p+1/t26-,27-,28+,29+,30-,31+,32+,34+,35-/m1/s1. The third-order valence-electron chi connectivity index (χ3n) is 13.7. The predicted molar refractivity (Wildman–Crippen MR) is 160 cm³/mol. The van der Waals surface area contributed by atoms with Gasteiger partial charge in [-0.1, -0.05) is 53.9 Å². The van der Waals surface area contributed by atoms with Gasteiger partial charge in [0.25, 0.3) is 5.91 Å². The van der Waals surface area contributed by atoms with Gasteiger partial charge in [-0.3, -0.25) is 4.79 Å². The number of piperidine rings is 1. The van der Waals surface area contributed by atoms with E-state index in [2.05, 4.69) is 47.0 Å². The van der Waals surface area contributed by atoms with Crippen molar-refractivity contribution in [2.45, 2.75) is 137 Å². The summed E-state index contributed by atoms with van der Waals surface area (Å²) in [6.07, 6.45) is 20.8. The van der Waals surface area contributed by atoms with E-state index in [1.54, 1.807) is 0 Å². The van der Waals surface area contributed by atoms with Crippen LogP contribution in [0.15, 0.2) is 0 Å². The zero-order valence-corrected chi connectivity index (χ0v) is 26.2. The van der Waals surface area contributed by atoms with Crippen molar-refractivity contribution in [3.8, 4) is 0 Å². The Hall–Kier alpha value is -0.570. The number of likely N-dealkylation sites (N-methyl/N-ethyl adjacent to an activating group) is 1. The summed E-state index contributed by atoms with van der Waals surface area (Å²) in [7, 11) is 2.30. The second-order valence-corrected chi connectivity index (χ2v) is 16.5. The summed E-state index contributed by atoms with van der Waals surface area (Å²) < 4.78 is 0.959. The van der Waals surface area contributed by atoms with Crippen molar-refractivity contribution in [3.63, 3.8) is 0 Å². The molecular formula is C35H63N2O+. The maximum absolute atomic E-state index is 13.1. The molecule has 0 radical (unpaired) electrons. The molecule has 3 heteroatoms. The first-order valence-corrected chi connectivity index (χ1v) is 17.2.